The molecule has 0 bridgehead atoms. The van der Waals surface area contributed by atoms with E-state index in [2.05, 4.69) is 10.6 Å². The second kappa shape index (κ2) is 12.2. The number of para-hydroxylation sites is 1. The summed E-state index contributed by atoms with van der Waals surface area (Å²) in [7, 11) is 0. The summed E-state index contributed by atoms with van der Waals surface area (Å²) >= 11 is 0. The fraction of sp³-hybridized carbons (Fsp3) is 0.542. The number of anilines is 1. The molecule has 2 amide bonds. The molecule has 0 unspecified atom stereocenters. The SMILES string of the molecule is CC[C@@H]1C(=O)O[C@H](C)[C@H](NC(=O)c2cccc(NC=O)c2O)C(=O)O[C@H](C)[C@H]1OC(=O)[C@@H](C)CC. The molecule has 11 heteroatoms. The van der Waals surface area contributed by atoms with Gasteiger partial charge in [-0.25, -0.2) is 4.79 Å². The molecule has 2 rings (SSSR count). The fourth-order valence-corrected chi connectivity index (χ4v) is 3.61. The number of cyclic esters (lactones) is 2. The largest absolute Gasteiger partial charge is 0.505 e. The molecule has 1 aromatic rings. The third-order valence-corrected chi connectivity index (χ3v) is 5.98. The van der Waals surface area contributed by atoms with Crippen LogP contribution >= 0.6 is 0 Å². The zero-order chi connectivity index (χ0) is 26.3. The van der Waals surface area contributed by atoms with E-state index in [1.165, 1.54) is 32.0 Å². The smallest absolute Gasteiger partial charge is 0.332 e. The van der Waals surface area contributed by atoms with Crippen LogP contribution in [0.15, 0.2) is 18.2 Å². The number of nitrogens with one attached hydrogen (secondary N) is 2. The van der Waals surface area contributed by atoms with Crippen molar-refractivity contribution in [2.24, 2.45) is 11.8 Å². The van der Waals surface area contributed by atoms with Gasteiger partial charge in [-0.05, 0) is 38.8 Å². The number of phenols is 1. The Balaban J connectivity index is 2.32. The number of ether oxygens (including phenoxy) is 3. The Hall–Kier alpha value is -3.63. The Morgan fingerprint density at radius 1 is 1.14 bits per heavy atom. The highest BCUT2D eigenvalue weighted by Crippen LogP contribution is 2.28. The van der Waals surface area contributed by atoms with Crippen molar-refractivity contribution < 1.29 is 43.3 Å². The van der Waals surface area contributed by atoms with Crippen molar-refractivity contribution in [1.29, 1.82) is 0 Å². The van der Waals surface area contributed by atoms with E-state index >= 15 is 0 Å². The molecule has 1 aliphatic heterocycles. The zero-order valence-electron chi connectivity index (χ0n) is 20.4. The highest BCUT2D eigenvalue weighted by atomic mass is 16.6. The number of benzene rings is 1. The molecule has 0 aliphatic carbocycles. The molecule has 35 heavy (non-hydrogen) atoms. The van der Waals surface area contributed by atoms with Crippen LogP contribution in [0.2, 0.25) is 0 Å². The van der Waals surface area contributed by atoms with E-state index in [-0.39, 0.29) is 17.7 Å². The lowest BCUT2D eigenvalue weighted by molar-refractivity contribution is -0.177. The van der Waals surface area contributed by atoms with Gasteiger partial charge < -0.3 is 30.0 Å². The van der Waals surface area contributed by atoms with E-state index in [0.717, 1.165) is 0 Å². The van der Waals surface area contributed by atoms with Crippen molar-refractivity contribution in [3.63, 3.8) is 0 Å². The zero-order valence-corrected chi connectivity index (χ0v) is 20.4. The van der Waals surface area contributed by atoms with Crippen LogP contribution < -0.4 is 10.6 Å². The summed E-state index contributed by atoms with van der Waals surface area (Å²) in [5.74, 6) is -4.81. The summed E-state index contributed by atoms with van der Waals surface area (Å²) in [5, 5.41) is 15.0. The maximum Gasteiger partial charge on any atom is 0.332 e. The van der Waals surface area contributed by atoms with Crippen LogP contribution in [-0.2, 0) is 33.4 Å². The summed E-state index contributed by atoms with van der Waals surface area (Å²) < 4.78 is 16.5. The van der Waals surface area contributed by atoms with Gasteiger partial charge in [-0.3, -0.25) is 19.2 Å². The van der Waals surface area contributed by atoms with Crippen molar-refractivity contribution in [2.75, 3.05) is 5.32 Å². The van der Waals surface area contributed by atoms with Crippen molar-refractivity contribution >= 4 is 35.9 Å². The Morgan fingerprint density at radius 2 is 1.80 bits per heavy atom. The highest BCUT2D eigenvalue weighted by Gasteiger charge is 2.43. The van der Waals surface area contributed by atoms with Gasteiger partial charge in [0.25, 0.3) is 5.91 Å². The number of phenolic OH excluding ortho intramolecular Hbond substituents is 1. The number of esters is 3. The molecule has 0 radical (unpaired) electrons. The monoisotopic (exact) mass is 492 g/mol. The average molecular weight is 493 g/mol. The highest BCUT2D eigenvalue weighted by molar-refractivity contribution is 6.01. The van der Waals surface area contributed by atoms with E-state index < -0.39 is 65.8 Å². The van der Waals surface area contributed by atoms with E-state index in [1.54, 1.807) is 13.8 Å². The number of hydrogen-bond donors (Lipinski definition) is 3. The van der Waals surface area contributed by atoms with Gasteiger partial charge >= 0.3 is 17.9 Å². The Labute approximate surface area is 203 Å². The van der Waals surface area contributed by atoms with Crippen molar-refractivity contribution in [3.05, 3.63) is 23.8 Å². The van der Waals surface area contributed by atoms with E-state index in [1.807, 2.05) is 6.92 Å². The van der Waals surface area contributed by atoms with E-state index in [0.29, 0.717) is 12.8 Å². The number of amides is 2. The molecular weight excluding hydrogens is 460 g/mol. The molecule has 1 aliphatic rings. The first-order chi connectivity index (χ1) is 16.5. The third kappa shape index (κ3) is 6.49. The molecule has 192 valence electrons. The minimum absolute atomic E-state index is 0.00505. The molecular formula is C24H32N2O9. The Kier molecular flexibility index (Phi) is 9.61. The van der Waals surface area contributed by atoms with Crippen LogP contribution in [0.25, 0.3) is 0 Å². The molecule has 3 N–H and O–H groups in total. The van der Waals surface area contributed by atoms with Gasteiger partial charge in [0.1, 0.15) is 12.2 Å². The molecule has 0 saturated carbocycles. The molecule has 1 heterocycles. The number of aromatic hydroxyl groups is 1. The summed E-state index contributed by atoms with van der Waals surface area (Å²) in [6.07, 6.45) is -2.09. The van der Waals surface area contributed by atoms with Gasteiger partial charge in [-0.1, -0.05) is 26.8 Å². The molecule has 1 aromatic carbocycles. The second-order valence-corrected chi connectivity index (χ2v) is 8.42. The van der Waals surface area contributed by atoms with Crippen LogP contribution in [0.5, 0.6) is 5.75 Å². The molecule has 6 atom stereocenters. The number of hydrogen-bond acceptors (Lipinski definition) is 9. The number of rotatable bonds is 8. The Bertz CT molecular complexity index is 964. The van der Waals surface area contributed by atoms with Crippen molar-refractivity contribution in [1.82, 2.24) is 5.32 Å². The van der Waals surface area contributed by atoms with E-state index in [9.17, 15) is 29.1 Å². The summed E-state index contributed by atoms with van der Waals surface area (Å²) in [5.41, 5.74) is -0.225. The van der Waals surface area contributed by atoms with E-state index in [4.69, 9.17) is 14.2 Å². The lowest BCUT2D eigenvalue weighted by Gasteiger charge is -2.29. The van der Waals surface area contributed by atoms with Crippen molar-refractivity contribution in [3.8, 4) is 5.75 Å². The predicted octanol–water partition coefficient (Wildman–Crippen LogP) is 1.92. The Morgan fingerprint density at radius 3 is 2.40 bits per heavy atom. The minimum atomic E-state index is -1.42. The predicted molar refractivity (Wildman–Crippen MR) is 123 cm³/mol. The third-order valence-electron chi connectivity index (χ3n) is 5.98. The first kappa shape index (κ1) is 27.6. The van der Waals surface area contributed by atoms with Crippen LogP contribution in [-0.4, -0.2) is 59.7 Å². The number of carbonyl (C=O) groups is 5. The molecule has 11 nitrogen and oxygen atoms in total. The first-order valence-electron chi connectivity index (χ1n) is 11.5. The number of carbonyl (C=O) groups excluding carboxylic acids is 5. The topological polar surface area (TPSA) is 157 Å². The molecule has 1 fully saturated rings. The van der Waals surface area contributed by atoms with Gasteiger partial charge in [0.2, 0.25) is 6.41 Å². The van der Waals surface area contributed by atoms with Gasteiger partial charge in [0, 0.05) is 0 Å². The van der Waals surface area contributed by atoms with Gasteiger partial charge in [-0.15, -0.1) is 0 Å². The standard InChI is InChI=1S/C24H32N2O9/c1-6-12(3)22(30)35-20-14(5)34-24(32)18(13(4)33-23(31)15(20)7-2)26-21(29)16-9-8-10-17(19(16)28)25-11-27/h8-15,18,20,28H,6-7H2,1-5H3,(H,25,27)(H,26,29)/t12-,13+,14+,15-,18-,20+/m0/s1. The van der Waals surface area contributed by atoms with Crippen LogP contribution in [0, 0.1) is 11.8 Å². The lowest BCUT2D eigenvalue weighted by atomic mass is 9.95. The minimum Gasteiger partial charge on any atom is -0.505 e. The van der Waals surface area contributed by atoms with Crippen molar-refractivity contribution in [2.45, 2.75) is 71.8 Å². The van der Waals surface area contributed by atoms with Gasteiger partial charge in [0.05, 0.1) is 23.1 Å². The average Bonchev–Trinajstić information content (AvgIpc) is 2.84. The lowest BCUT2D eigenvalue weighted by Crippen LogP contribution is -2.50. The summed E-state index contributed by atoms with van der Waals surface area (Å²) in [6, 6.07) is 2.68. The van der Waals surface area contributed by atoms with Gasteiger partial charge in [-0.2, -0.15) is 0 Å². The molecule has 1 saturated heterocycles. The second-order valence-electron chi connectivity index (χ2n) is 8.42. The van der Waals surface area contributed by atoms with Crippen LogP contribution in [0.4, 0.5) is 5.69 Å². The summed E-state index contributed by atoms with van der Waals surface area (Å²) in [6.45, 7) is 8.14. The van der Waals surface area contributed by atoms with Gasteiger partial charge in [0.15, 0.2) is 17.9 Å². The molecule has 0 aromatic heterocycles. The normalized spacial score (nSPS) is 25.6. The van der Waals surface area contributed by atoms with Crippen LogP contribution in [0.1, 0.15) is 57.8 Å². The first-order valence-corrected chi connectivity index (χ1v) is 11.5. The summed E-state index contributed by atoms with van der Waals surface area (Å²) in [4.78, 5) is 61.9. The maximum absolute atomic E-state index is 13.0. The maximum atomic E-state index is 13.0. The quantitative estimate of drug-likeness (QED) is 0.213. The fourth-order valence-electron chi connectivity index (χ4n) is 3.61. The van der Waals surface area contributed by atoms with Crippen LogP contribution in [0.3, 0.4) is 0 Å². The molecule has 0 spiro atoms.